The highest BCUT2D eigenvalue weighted by molar-refractivity contribution is 8.01. The van der Waals surface area contributed by atoms with Crippen LogP contribution in [-0.2, 0) is 4.79 Å². The fraction of sp³-hybridized carbons (Fsp3) is 0.273. The summed E-state index contributed by atoms with van der Waals surface area (Å²) >= 11 is 1.60. The molecule has 150 valence electrons. The molecular weight excluding hydrogens is 386 g/mol. The number of amides is 1. The average molecular weight is 410 g/mol. The van der Waals surface area contributed by atoms with Gasteiger partial charge < -0.3 is 14.8 Å². The first kappa shape index (κ1) is 19.4. The standard InChI is InChI=1S/C22H23N3O3S/c1-13-19-20(15-10-11-17(27-3)18(12-15)28-4)29-14(2)22(26)23-21(19)25(24-13)16-8-6-5-7-9-16/h5-12,14,20H,1-4H3,(H,23,26). The van der Waals surface area contributed by atoms with Crippen molar-refractivity contribution in [1.29, 1.82) is 0 Å². The number of carbonyl (C=O) groups excluding carboxylic acids is 1. The Labute approximate surface area is 174 Å². The van der Waals surface area contributed by atoms with Gasteiger partial charge in [0.05, 0.1) is 36.1 Å². The van der Waals surface area contributed by atoms with Gasteiger partial charge in [0.2, 0.25) is 5.91 Å². The number of benzene rings is 2. The number of hydrogen-bond donors (Lipinski definition) is 1. The first-order chi connectivity index (χ1) is 14.0. The number of methoxy groups -OCH3 is 2. The van der Waals surface area contributed by atoms with Crippen LogP contribution in [0.5, 0.6) is 11.5 Å². The Kier molecular flexibility index (Phi) is 5.24. The summed E-state index contributed by atoms with van der Waals surface area (Å²) in [6.07, 6.45) is 0. The predicted octanol–water partition coefficient (Wildman–Crippen LogP) is 4.36. The lowest BCUT2D eigenvalue weighted by Crippen LogP contribution is -2.22. The van der Waals surface area contributed by atoms with E-state index >= 15 is 0 Å². The zero-order valence-electron chi connectivity index (χ0n) is 16.8. The van der Waals surface area contributed by atoms with Crippen molar-refractivity contribution < 1.29 is 14.3 Å². The molecule has 0 saturated heterocycles. The molecule has 2 aromatic carbocycles. The number of nitrogens with one attached hydrogen (secondary N) is 1. The van der Waals surface area contributed by atoms with Gasteiger partial charge >= 0.3 is 0 Å². The molecule has 4 rings (SSSR count). The Morgan fingerprint density at radius 3 is 2.48 bits per heavy atom. The summed E-state index contributed by atoms with van der Waals surface area (Å²) < 4.78 is 12.7. The van der Waals surface area contributed by atoms with Crippen LogP contribution in [0.1, 0.15) is 29.0 Å². The summed E-state index contributed by atoms with van der Waals surface area (Å²) in [5.74, 6) is 2.03. The number of thioether (sulfide) groups is 1. The Morgan fingerprint density at radius 2 is 1.79 bits per heavy atom. The van der Waals surface area contributed by atoms with E-state index in [-0.39, 0.29) is 16.4 Å². The summed E-state index contributed by atoms with van der Waals surface area (Å²) in [5.41, 5.74) is 3.82. The van der Waals surface area contributed by atoms with Crippen LogP contribution in [-0.4, -0.2) is 35.2 Å². The predicted molar refractivity (Wildman–Crippen MR) is 115 cm³/mol. The summed E-state index contributed by atoms with van der Waals surface area (Å²) in [5, 5.41) is 7.55. The minimum absolute atomic E-state index is 0.0312. The second-order valence-corrected chi connectivity index (χ2v) is 8.31. The Morgan fingerprint density at radius 1 is 1.07 bits per heavy atom. The third kappa shape index (κ3) is 3.46. The van der Waals surface area contributed by atoms with Crippen molar-refractivity contribution in [1.82, 2.24) is 9.78 Å². The van der Waals surface area contributed by atoms with Gasteiger partial charge in [-0.25, -0.2) is 4.68 Å². The zero-order chi connectivity index (χ0) is 20.5. The van der Waals surface area contributed by atoms with Crippen LogP contribution < -0.4 is 14.8 Å². The fourth-order valence-electron chi connectivity index (χ4n) is 3.54. The molecule has 0 saturated carbocycles. The zero-order valence-corrected chi connectivity index (χ0v) is 17.6. The molecule has 2 unspecified atom stereocenters. The molecule has 3 aromatic rings. The number of aromatic nitrogens is 2. The van der Waals surface area contributed by atoms with Gasteiger partial charge in [-0.05, 0) is 43.7 Å². The molecular formula is C22H23N3O3S. The van der Waals surface area contributed by atoms with E-state index in [0.717, 1.165) is 28.3 Å². The highest BCUT2D eigenvalue weighted by atomic mass is 32.2. The highest BCUT2D eigenvalue weighted by Gasteiger charge is 2.34. The lowest BCUT2D eigenvalue weighted by atomic mass is 10.0. The number of hydrogen-bond acceptors (Lipinski definition) is 5. The Bertz CT molecular complexity index is 1050. The van der Waals surface area contributed by atoms with Gasteiger partial charge in [0.25, 0.3) is 0 Å². The number of carbonyl (C=O) groups is 1. The second kappa shape index (κ2) is 7.83. The molecule has 7 heteroatoms. The minimum atomic E-state index is -0.218. The van der Waals surface area contributed by atoms with Crippen molar-refractivity contribution in [2.75, 3.05) is 19.5 Å². The van der Waals surface area contributed by atoms with Gasteiger partial charge in [-0.3, -0.25) is 4.79 Å². The average Bonchev–Trinajstić information content (AvgIpc) is 3.00. The van der Waals surface area contributed by atoms with Crippen molar-refractivity contribution in [2.24, 2.45) is 0 Å². The molecule has 2 atom stereocenters. The van der Waals surface area contributed by atoms with Crippen molar-refractivity contribution >= 4 is 23.5 Å². The van der Waals surface area contributed by atoms with Crippen LogP contribution >= 0.6 is 11.8 Å². The molecule has 1 N–H and O–H groups in total. The number of fused-ring (bicyclic) bond motifs is 1. The third-order valence-electron chi connectivity index (χ3n) is 5.03. The molecule has 1 aliphatic rings. The number of aryl methyl sites for hydroxylation is 1. The topological polar surface area (TPSA) is 65.4 Å². The fourth-order valence-corrected chi connectivity index (χ4v) is 4.86. The normalized spacial score (nSPS) is 18.6. The molecule has 2 heterocycles. The molecule has 0 aliphatic carbocycles. The van der Waals surface area contributed by atoms with Gasteiger partial charge in [0, 0.05) is 5.56 Å². The van der Waals surface area contributed by atoms with Crippen molar-refractivity contribution in [3.63, 3.8) is 0 Å². The number of ether oxygens (including phenoxy) is 2. The number of anilines is 1. The lowest BCUT2D eigenvalue weighted by Gasteiger charge is -2.19. The van der Waals surface area contributed by atoms with E-state index in [0.29, 0.717) is 11.5 Å². The van der Waals surface area contributed by atoms with Crippen molar-refractivity contribution in [2.45, 2.75) is 24.3 Å². The van der Waals surface area contributed by atoms with E-state index in [2.05, 4.69) is 5.32 Å². The summed E-state index contributed by atoms with van der Waals surface area (Å²) in [4.78, 5) is 12.8. The van der Waals surface area contributed by atoms with E-state index < -0.39 is 0 Å². The second-order valence-electron chi connectivity index (χ2n) is 6.86. The number of nitrogens with zero attached hydrogens (tertiary/aromatic N) is 2. The maximum atomic E-state index is 12.8. The van der Waals surface area contributed by atoms with E-state index in [9.17, 15) is 4.79 Å². The lowest BCUT2D eigenvalue weighted by molar-refractivity contribution is -0.115. The first-order valence-corrected chi connectivity index (χ1v) is 10.3. The summed E-state index contributed by atoms with van der Waals surface area (Å²) in [6.45, 7) is 3.91. The van der Waals surface area contributed by atoms with Crippen LogP contribution in [0.15, 0.2) is 48.5 Å². The molecule has 0 bridgehead atoms. The molecule has 1 aromatic heterocycles. The monoisotopic (exact) mass is 409 g/mol. The summed E-state index contributed by atoms with van der Waals surface area (Å²) in [6, 6.07) is 15.7. The molecule has 0 radical (unpaired) electrons. The number of para-hydroxylation sites is 1. The van der Waals surface area contributed by atoms with Crippen LogP contribution in [0.25, 0.3) is 5.69 Å². The van der Waals surface area contributed by atoms with Gasteiger partial charge in [-0.1, -0.05) is 24.3 Å². The molecule has 6 nitrogen and oxygen atoms in total. The van der Waals surface area contributed by atoms with E-state index in [4.69, 9.17) is 14.6 Å². The number of rotatable bonds is 4. The van der Waals surface area contributed by atoms with Gasteiger partial charge in [-0.15, -0.1) is 11.8 Å². The smallest absolute Gasteiger partial charge is 0.238 e. The van der Waals surface area contributed by atoms with E-state index in [1.165, 1.54) is 0 Å². The van der Waals surface area contributed by atoms with E-state index in [1.54, 1.807) is 26.0 Å². The van der Waals surface area contributed by atoms with Gasteiger partial charge in [0.1, 0.15) is 5.82 Å². The Hall–Kier alpha value is -2.93. The summed E-state index contributed by atoms with van der Waals surface area (Å²) in [7, 11) is 3.24. The van der Waals surface area contributed by atoms with Crippen LogP contribution in [0, 0.1) is 6.92 Å². The largest absolute Gasteiger partial charge is 0.493 e. The maximum absolute atomic E-state index is 12.8. The molecule has 0 fully saturated rings. The van der Waals surface area contributed by atoms with Crippen LogP contribution in [0.3, 0.4) is 0 Å². The maximum Gasteiger partial charge on any atom is 0.238 e. The van der Waals surface area contributed by atoms with Gasteiger partial charge in [0.15, 0.2) is 11.5 Å². The quantitative estimate of drug-likeness (QED) is 0.694. The van der Waals surface area contributed by atoms with Crippen molar-refractivity contribution in [3.05, 3.63) is 65.4 Å². The molecule has 1 aliphatic heterocycles. The third-order valence-corrected chi connectivity index (χ3v) is 6.43. The van der Waals surface area contributed by atoms with Crippen LogP contribution in [0.4, 0.5) is 5.82 Å². The van der Waals surface area contributed by atoms with E-state index in [1.807, 2.05) is 67.1 Å². The molecule has 0 spiro atoms. The highest BCUT2D eigenvalue weighted by Crippen LogP contribution is 2.47. The van der Waals surface area contributed by atoms with Crippen molar-refractivity contribution in [3.8, 4) is 17.2 Å². The molecule has 1 amide bonds. The van der Waals surface area contributed by atoms with Crippen LogP contribution in [0.2, 0.25) is 0 Å². The Balaban J connectivity index is 1.89. The minimum Gasteiger partial charge on any atom is -0.493 e. The SMILES string of the molecule is COc1ccc(C2SC(C)C(=O)Nc3c2c(C)nn3-c2ccccc2)cc1OC. The molecule has 29 heavy (non-hydrogen) atoms. The van der Waals surface area contributed by atoms with Gasteiger partial charge in [-0.2, -0.15) is 5.10 Å². The first-order valence-electron chi connectivity index (χ1n) is 9.36.